The molecule has 4 N–H and O–H groups in total. The van der Waals surface area contributed by atoms with Gasteiger partial charge in [0.15, 0.2) is 0 Å². The third-order valence-electron chi connectivity index (χ3n) is 3.85. The van der Waals surface area contributed by atoms with Gasteiger partial charge >= 0.3 is 0 Å². The van der Waals surface area contributed by atoms with Gasteiger partial charge in [0.05, 0.1) is 11.4 Å². The van der Waals surface area contributed by atoms with E-state index in [9.17, 15) is 9.59 Å². The molecule has 0 aromatic heterocycles. The van der Waals surface area contributed by atoms with Gasteiger partial charge in [-0.05, 0) is 30.2 Å². The van der Waals surface area contributed by atoms with E-state index in [4.69, 9.17) is 5.84 Å². The van der Waals surface area contributed by atoms with Gasteiger partial charge in [0, 0.05) is 0 Å². The van der Waals surface area contributed by atoms with Crippen molar-refractivity contribution < 1.29 is 9.59 Å². The summed E-state index contributed by atoms with van der Waals surface area (Å²) in [6.45, 7) is 1.86. The van der Waals surface area contributed by atoms with Gasteiger partial charge in [-0.15, -0.1) is 0 Å². The molecule has 118 valence electrons. The Morgan fingerprint density at radius 2 is 2.00 bits per heavy atom. The second kappa shape index (κ2) is 6.10. The molecule has 1 aliphatic heterocycles. The molecule has 2 aromatic rings. The first-order valence-electron chi connectivity index (χ1n) is 7.33. The summed E-state index contributed by atoms with van der Waals surface area (Å²) in [7, 11) is 0. The van der Waals surface area contributed by atoms with Crippen molar-refractivity contribution in [2.45, 2.75) is 13.0 Å². The van der Waals surface area contributed by atoms with Crippen LogP contribution in [0.2, 0.25) is 0 Å². The van der Waals surface area contributed by atoms with Crippen molar-refractivity contribution in [3.05, 3.63) is 59.7 Å². The summed E-state index contributed by atoms with van der Waals surface area (Å²) < 4.78 is 0. The van der Waals surface area contributed by atoms with E-state index in [1.54, 1.807) is 0 Å². The zero-order valence-corrected chi connectivity index (χ0v) is 12.7. The van der Waals surface area contributed by atoms with Crippen molar-refractivity contribution in [1.29, 1.82) is 0 Å². The van der Waals surface area contributed by atoms with Gasteiger partial charge in [-0.2, -0.15) is 0 Å². The van der Waals surface area contributed by atoms with Crippen LogP contribution < -0.4 is 21.5 Å². The van der Waals surface area contributed by atoms with Crippen molar-refractivity contribution in [3.8, 4) is 0 Å². The predicted molar refractivity (Wildman–Crippen MR) is 88.7 cm³/mol. The van der Waals surface area contributed by atoms with Gasteiger partial charge in [0.1, 0.15) is 12.6 Å². The van der Waals surface area contributed by atoms with Crippen LogP contribution in [0, 0.1) is 6.92 Å². The number of hydrazine groups is 1. The Balaban J connectivity index is 2.04. The van der Waals surface area contributed by atoms with E-state index >= 15 is 0 Å². The summed E-state index contributed by atoms with van der Waals surface area (Å²) in [5.41, 5.74) is 5.50. The minimum atomic E-state index is -0.531. The molecular formula is C17H18N4O2. The van der Waals surface area contributed by atoms with Crippen molar-refractivity contribution in [2.75, 3.05) is 16.8 Å². The molecule has 23 heavy (non-hydrogen) atoms. The highest BCUT2D eigenvalue weighted by molar-refractivity contribution is 6.08. The SMILES string of the molecule is Cc1ccc2c(c1)NC(c1ccccc1)C(=O)N2CC(=O)NN. The molecule has 0 fully saturated rings. The molecule has 6 nitrogen and oxygen atoms in total. The normalized spacial score (nSPS) is 16.5. The predicted octanol–water partition coefficient (Wildman–Crippen LogP) is 1.48. The van der Waals surface area contributed by atoms with E-state index in [2.05, 4.69) is 10.7 Å². The molecule has 0 saturated carbocycles. The lowest BCUT2D eigenvalue weighted by molar-refractivity contribution is -0.124. The van der Waals surface area contributed by atoms with Crippen LogP contribution in [0.1, 0.15) is 17.2 Å². The summed E-state index contributed by atoms with van der Waals surface area (Å²) in [6, 6.07) is 14.6. The first-order valence-corrected chi connectivity index (χ1v) is 7.33. The number of hydrogen-bond acceptors (Lipinski definition) is 4. The van der Waals surface area contributed by atoms with Crippen LogP contribution in [-0.4, -0.2) is 18.4 Å². The number of nitrogens with zero attached hydrogens (tertiary/aromatic N) is 1. The molecule has 2 amide bonds. The smallest absolute Gasteiger partial charge is 0.254 e. The Morgan fingerprint density at radius 3 is 2.70 bits per heavy atom. The van der Waals surface area contributed by atoms with Crippen LogP contribution >= 0.6 is 0 Å². The molecule has 1 heterocycles. The molecule has 6 heteroatoms. The van der Waals surface area contributed by atoms with E-state index in [0.29, 0.717) is 5.69 Å². The quantitative estimate of drug-likeness (QED) is 0.455. The molecule has 1 unspecified atom stereocenters. The number of hydrogen-bond donors (Lipinski definition) is 3. The average Bonchev–Trinajstić information content (AvgIpc) is 2.57. The summed E-state index contributed by atoms with van der Waals surface area (Å²) in [5, 5.41) is 3.27. The molecule has 0 aliphatic carbocycles. The van der Waals surface area contributed by atoms with E-state index in [0.717, 1.165) is 16.8 Å². The first kappa shape index (κ1) is 15.1. The summed E-state index contributed by atoms with van der Waals surface area (Å²) >= 11 is 0. The molecule has 1 aliphatic rings. The van der Waals surface area contributed by atoms with E-state index in [1.165, 1.54) is 4.90 Å². The maximum absolute atomic E-state index is 12.9. The van der Waals surface area contributed by atoms with Crippen LogP contribution in [0.15, 0.2) is 48.5 Å². The van der Waals surface area contributed by atoms with E-state index < -0.39 is 11.9 Å². The number of benzene rings is 2. The molecule has 0 radical (unpaired) electrons. The standard InChI is InChI=1S/C17H18N4O2/c1-11-7-8-14-13(9-11)19-16(12-5-3-2-4-6-12)17(23)21(14)10-15(22)20-18/h2-9,16,19H,10,18H2,1H3,(H,20,22). The van der Waals surface area contributed by atoms with Crippen LogP contribution in [0.4, 0.5) is 11.4 Å². The average molecular weight is 310 g/mol. The molecule has 2 aromatic carbocycles. The number of fused-ring (bicyclic) bond motifs is 1. The third-order valence-corrected chi connectivity index (χ3v) is 3.85. The Hall–Kier alpha value is -2.86. The largest absolute Gasteiger partial charge is 0.368 e. The monoisotopic (exact) mass is 310 g/mol. The zero-order valence-electron chi connectivity index (χ0n) is 12.7. The van der Waals surface area contributed by atoms with Crippen molar-refractivity contribution in [1.82, 2.24) is 5.43 Å². The Morgan fingerprint density at radius 1 is 1.26 bits per heavy atom. The number of carbonyl (C=O) groups excluding carboxylic acids is 2. The first-order chi connectivity index (χ1) is 11.1. The highest BCUT2D eigenvalue weighted by Gasteiger charge is 2.34. The minimum absolute atomic E-state index is 0.115. The van der Waals surface area contributed by atoms with Gasteiger partial charge in [-0.3, -0.25) is 19.9 Å². The number of rotatable bonds is 3. The van der Waals surface area contributed by atoms with Gasteiger partial charge in [-0.25, -0.2) is 5.84 Å². The van der Waals surface area contributed by atoms with Crippen LogP contribution in [0.25, 0.3) is 0 Å². The maximum atomic E-state index is 12.9. The Labute approximate surface area is 134 Å². The highest BCUT2D eigenvalue weighted by atomic mass is 16.2. The van der Waals surface area contributed by atoms with Crippen molar-refractivity contribution in [2.24, 2.45) is 5.84 Å². The van der Waals surface area contributed by atoms with Crippen LogP contribution in [0.5, 0.6) is 0 Å². The minimum Gasteiger partial charge on any atom is -0.368 e. The number of aryl methyl sites for hydroxylation is 1. The van der Waals surface area contributed by atoms with Crippen molar-refractivity contribution in [3.63, 3.8) is 0 Å². The fourth-order valence-electron chi connectivity index (χ4n) is 2.72. The summed E-state index contributed by atoms with van der Waals surface area (Å²) in [4.78, 5) is 26.0. The second-order valence-electron chi connectivity index (χ2n) is 5.50. The van der Waals surface area contributed by atoms with Gasteiger partial charge < -0.3 is 5.32 Å². The molecular weight excluding hydrogens is 292 g/mol. The lowest BCUT2D eigenvalue weighted by Crippen LogP contribution is -2.48. The van der Waals surface area contributed by atoms with E-state index in [1.807, 2.05) is 55.5 Å². The number of anilines is 2. The molecule has 0 saturated heterocycles. The van der Waals surface area contributed by atoms with Crippen LogP contribution in [-0.2, 0) is 9.59 Å². The molecule has 1 atom stereocenters. The van der Waals surface area contributed by atoms with Crippen LogP contribution in [0.3, 0.4) is 0 Å². The Bertz CT molecular complexity index is 746. The van der Waals surface area contributed by atoms with Gasteiger partial charge in [0.25, 0.3) is 11.8 Å². The summed E-state index contributed by atoms with van der Waals surface area (Å²) in [5.74, 6) is 4.57. The van der Waals surface area contributed by atoms with Gasteiger partial charge in [-0.1, -0.05) is 36.4 Å². The number of nitrogens with one attached hydrogen (secondary N) is 2. The van der Waals surface area contributed by atoms with E-state index in [-0.39, 0.29) is 12.5 Å². The second-order valence-corrected chi connectivity index (χ2v) is 5.50. The number of carbonyl (C=O) groups is 2. The molecule has 3 rings (SSSR count). The molecule has 0 spiro atoms. The third kappa shape index (κ3) is 2.89. The molecule has 0 bridgehead atoms. The lowest BCUT2D eigenvalue weighted by Gasteiger charge is -2.35. The summed E-state index contributed by atoms with van der Waals surface area (Å²) in [6.07, 6.45) is 0. The maximum Gasteiger partial charge on any atom is 0.254 e. The van der Waals surface area contributed by atoms with Crippen molar-refractivity contribution >= 4 is 23.2 Å². The highest BCUT2D eigenvalue weighted by Crippen LogP contribution is 2.36. The van der Waals surface area contributed by atoms with Gasteiger partial charge in [0.2, 0.25) is 0 Å². The Kier molecular flexibility index (Phi) is 3.99. The lowest BCUT2D eigenvalue weighted by atomic mass is 10.0. The fourth-order valence-corrected chi connectivity index (χ4v) is 2.72. The fraction of sp³-hybridized carbons (Fsp3) is 0.176. The topological polar surface area (TPSA) is 87.5 Å². The zero-order chi connectivity index (χ0) is 16.4. The number of amides is 2. The number of nitrogens with two attached hydrogens (primary N) is 1.